The van der Waals surface area contributed by atoms with Crippen LogP contribution in [0.2, 0.25) is 0 Å². The summed E-state index contributed by atoms with van der Waals surface area (Å²) in [6.45, 7) is 0.932. The third-order valence-corrected chi connectivity index (χ3v) is 3.89. The maximum atomic E-state index is 5.93. The molecule has 0 fully saturated rings. The van der Waals surface area contributed by atoms with Crippen LogP contribution in [-0.2, 0) is 6.42 Å². The van der Waals surface area contributed by atoms with Gasteiger partial charge in [0, 0.05) is 36.2 Å². The van der Waals surface area contributed by atoms with Gasteiger partial charge in [-0.05, 0) is 31.3 Å². The number of rotatable bonds is 2. The van der Waals surface area contributed by atoms with E-state index in [4.69, 9.17) is 4.42 Å². The fraction of sp³-hybridized carbons (Fsp3) is 0.235. The van der Waals surface area contributed by atoms with Crippen molar-refractivity contribution in [1.29, 1.82) is 0 Å². The second-order valence-corrected chi connectivity index (χ2v) is 5.65. The van der Waals surface area contributed by atoms with Gasteiger partial charge in [-0.2, -0.15) is 0 Å². The van der Waals surface area contributed by atoms with E-state index in [2.05, 4.69) is 42.2 Å². The summed E-state index contributed by atoms with van der Waals surface area (Å²) in [6, 6.07) is 8.25. The minimum absolute atomic E-state index is 0.918. The first kappa shape index (κ1) is 11.7. The molecule has 0 saturated carbocycles. The summed E-state index contributed by atoms with van der Waals surface area (Å²) >= 11 is 0. The number of hydrogen-bond acceptors (Lipinski definition) is 3. The Kier molecular flexibility index (Phi) is 2.44. The molecule has 3 heteroatoms. The molecule has 2 aliphatic rings. The number of likely N-dealkylation sites (N-methyl/N-ethyl adjacent to an activating group) is 1. The van der Waals surface area contributed by atoms with Gasteiger partial charge in [-0.1, -0.05) is 18.2 Å². The highest BCUT2D eigenvalue weighted by Gasteiger charge is 2.25. The number of aliphatic imine (C=N–C) groups is 1. The number of furan rings is 1. The minimum Gasteiger partial charge on any atom is -0.456 e. The number of hydrogen-bond donors (Lipinski definition) is 0. The topological polar surface area (TPSA) is 28.7 Å². The maximum absolute atomic E-state index is 5.93. The summed E-state index contributed by atoms with van der Waals surface area (Å²) in [5.74, 6) is 0.966. The van der Waals surface area contributed by atoms with E-state index in [0.717, 1.165) is 30.0 Å². The Balaban J connectivity index is 1.86. The molecule has 1 aromatic carbocycles. The smallest absolute Gasteiger partial charge is 0.135 e. The summed E-state index contributed by atoms with van der Waals surface area (Å²) in [4.78, 5) is 6.72. The van der Waals surface area contributed by atoms with Crippen LogP contribution in [0.4, 0.5) is 0 Å². The number of allylic oxidation sites excluding steroid dienone is 1. The molecule has 3 nitrogen and oxygen atoms in total. The molecule has 0 atom stereocenters. The van der Waals surface area contributed by atoms with Crippen molar-refractivity contribution in [1.82, 2.24) is 4.90 Å². The summed E-state index contributed by atoms with van der Waals surface area (Å²) in [6.07, 6.45) is 4.99. The van der Waals surface area contributed by atoms with E-state index in [-0.39, 0.29) is 0 Å². The average Bonchev–Trinajstić information content (AvgIpc) is 2.97. The van der Waals surface area contributed by atoms with Gasteiger partial charge in [0.2, 0.25) is 0 Å². The summed E-state index contributed by atoms with van der Waals surface area (Å²) in [5.41, 5.74) is 5.98. The lowest BCUT2D eigenvalue weighted by Crippen LogP contribution is -2.16. The minimum atomic E-state index is 0.918. The highest BCUT2D eigenvalue weighted by Crippen LogP contribution is 2.38. The van der Waals surface area contributed by atoms with Crippen molar-refractivity contribution in [2.24, 2.45) is 4.99 Å². The molecule has 100 valence electrons. The lowest BCUT2D eigenvalue weighted by molar-refractivity contribution is 0.450. The van der Waals surface area contributed by atoms with Crippen molar-refractivity contribution in [3.8, 4) is 0 Å². The molecular weight excluding hydrogens is 248 g/mol. The Morgan fingerprint density at radius 1 is 1.25 bits per heavy atom. The quantitative estimate of drug-likeness (QED) is 0.833. The Bertz CT molecular complexity index is 790. The third kappa shape index (κ3) is 1.67. The largest absolute Gasteiger partial charge is 0.456 e. The number of nitrogens with zero attached hydrogens (tertiary/aromatic N) is 2. The van der Waals surface area contributed by atoms with Crippen LogP contribution in [0.3, 0.4) is 0 Å². The molecule has 2 heterocycles. The van der Waals surface area contributed by atoms with Crippen LogP contribution in [0.5, 0.6) is 0 Å². The van der Waals surface area contributed by atoms with Gasteiger partial charge < -0.3 is 9.32 Å². The first-order valence-electron chi connectivity index (χ1n) is 6.85. The second-order valence-electron chi connectivity index (χ2n) is 5.65. The first-order chi connectivity index (χ1) is 9.72. The van der Waals surface area contributed by atoms with Crippen LogP contribution in [0, 0.1) is 0 Å². The van der Waals surface area contributed by atoms with Crippen LogP contribution in [0.15, 0.2) is 50.5 Å². The van der Waals surface area contributed by atoms with Gasteiger partial charge in [0.25, 0.3) is 0 Å². The van der Waals surface area contributed by atoms with Gasteiger partial charge >= 0.3 is 0 Å². The van der Waals surface area contributed by atoms with E-state index in [1.165, 1.54) is 22.1 Å². The van der Waals surface area contributed by atoms with Crippen molar-refractivity contribution < 1.29 is 4.42 Å². The van der Waals surface area contributed by atoms with Gasteiger partial charge in [0.05, 0.1) is 5.70 Å². The number of benzene rings is 1. The molecule has 20 heavy (non-hydrogen) atoms. The molecule has 1 aromatic heterocycles. The van der Waals surface area contributed by atoms with E-state index in [9.17, 15) is 0 Å². The Hall–Kier alpha value is -2.13. The fourth-order valence-corrected chi connectivity index (χ4v) is 2.99. The Morgan fingerprint density at radius 3 is 2.95 bits per heavy atom. The molecule has 1 aliphatic carbocycles. The fourth-order valence-electron chi connectivity index (χ4n) is 2.99. The number of para-hydroxylation sites is 1. The molecule has 0 bridgehead atoms. The monoisotopic (exact) mass is 264 g/mol. The predicted octanol–water partition coefficient (Wildman–Crippen LogP) is 3.27. The normalized spacial score (nSPS) is 16.9. The second kappa shape index (κ2) is 4.18. The lowest BCUT2D eigenvalue weighted by Gasteiger charge is -2.14. The van der Waals surface area contributed by atoms with Crippen LogP contribution < -0.4 is 0 Å². The van der Waals surface area contributed by atoms with E-state index in [1.807, 2.05) is 18.3 Å². The van der Waals surface area contributed by atoms with Crippen LogP contribution in [0.25, 0.3) is 17.0 Å². The van der Waals surface area contributed by atoms with Gasteiger partial charge in [-0.3, -0.25) is 4.99 Å². The average molecular weight is 264 g/mol. The van der Waals surface area contributed by atoms with E-state index in [0.29, 0.717) is 0 Å². The molecule has 2 aromatic rings. The molecule has 0 amide bonds. The molecule has 0 radical (unpaired) electrons. The molecule has 0 saturated heterocycles. The highest BCUT2D eigenvalue weighted by molar-refractivity contribution is 5.93. The Labute approximate surface area is 117 Å². The Morgan fingerprint density at radius 2 is 2.10 bits per heavy atom. The predicted molar refractivity (Wildman–Crippen MR) is 82.0 cm³/mol. The lowest BCUT2D eigenvalue weighted by atomic mass is 9.92. The van der Waals surface area contributed by atoms with Crippen molar-refractivity contribution in [2.45, 2.75) is 6.42 Å². The number of fused-ring (bicyclic) bond motifs is 4. The molecule has 4 rings (SSSR count). The summed E-state index contributed by atoms with van der Waals surface area (Å²) in [7, 11) is 4.18. The van der Waals surface area contributed by atoms with Crippen molar-refractivity contribution in [2.75, 3.05) is 20.6 Å². The zero-order valence-corrected chi connectivity index (χ0v) is 11.7. The highest BCUT2D eigenvalue weighted by atomic mass is 16.3. The van der Waals surface area contributed by atoms with E-state index in [1.54, 1.807) is 0 Å². The molecule has 1 aliphatic heterocycles. The van der Waals surface area contributed by atoms with Gasteiger partial charge in [0.1, 0.15) is 11.3 Å². The summed E-state index contributed by atoms with van der Waals surface area (Å²) < 4.78 is 5.93. The first-order valence-corrected chi connectivity index (χ1v) is 6.85. The zero-order valence-electron chi connectivity index (χ0n) is 11.7. The van der Waals surface area contributed by atoms with Gasteiger partial charge in [-0.25, -0.2) is 0 Å². The van der Waals surface area contributed by atoms with Crippen LogP contribution in [0.1, 0.15) is 11.3 Å². The van der Waals surface area contributed by atoms with Crippen molar-refractivity contribution >= 4 is 23.3 Å². The molecular formula is C17H16N2O. The standard InChI is InChI=1S/C17H16N2O/c1-19(2)10-11-9-18-15-8-17-14(7-13(11)15)12-5-3-4-6-16(12)20-17/h3-6,8-9H,7,10H2,1-2H3. The molecule has 0 unspecified atom stereocenters. The van der Waals surface area contributed by atoms with Gasteiger partial charge in [0.15, 0.2) is 0 Å². The third-order valence-electron chi connectivity index (χ3n) is 3.89. The molecule has 0 N–H and O–H groups in total. The van der Waals surface area contributed by atoms with Crippen LogP contribution in [-0.4, -0.2) is 31.8 Å². The van der Waals surface area contributed by atoms with Gasteiger partial charge in [-0.15, -0.1) is 0 Å². The van der Waals surface area contributed by atoms with E-state index >= 15 is 0 Å². The van der Waals surface area contributed by atoms with E-state index < -0.39 is 0 Å². The van der Waals surface area contributed by atoms with Crippen molar-refractivity contribution in [3.05, 3.63) is 52.4 Å². The summed E-state index contributed by atoms with van der Waals surface area (Å²) in [5, 5.41) is 1.22. The maximum Gasteiger partial charge on any atom is 0.135 e. The van der Waals surface area contributed by atoms with Crippen molar-refractivity contribution in [3.63, 3.8) is 0 Å². The zero-order chi connectivity index (χ0) is 13.7. The molecule has 0 spiro atoms. The SMILES string of the molecule is CN(C)CC1=C2Cc3c(oc4ccccc34)C=C2N=C1. The van der Waals surface area contributed by atoms with Crippen LogP contribution >= 0.6 is 0 Å².